The van der Waals surface area contributed by atoms with Crippen molar-refractivity contribution in [3.63, 3.8) is 0 Å². The number of nitrogens with zero attached hydrogens (tertiary/aromatic N) is 3. The molecule has 1 amide bonds. The third kappa shape index (κ3) is 3.32. The van der Waals surface area contributed by atoms with E-state index < -0.39 is 17.5 Å². The molecule has 1 saturated heterocycles. The molecule has 1 aromatic carbocycles. The number of carbonyl (C=O) groups excluding carboxylic acids is 2. The monoisotopic (exact) mass is 405 g/mol. The summed E-state index contributed by atoms with van der Waals surface area (Å²) in [7, 11) is 1.64. The molecule has 7 nitrogen and oxygen atoms in total. The fourth-order valence-corrected chi connectivity index (χ4v) is 4.03. The highest BCUT2D eigenvalue weighted by Crippen LogP contribution is 2.36. The van der Waals surface area contributed by atoms with Crippen molar-refractivity contribution in [2.45, 2.75) is 44.6 Å². The second kappa shape index (κ2) is 7.51. The van der Waals surface area contributed by atoms with E-state index >= 15 is 0 Å². The van der Waals surface area contributed by atoms with Crippen molar-refractivity contribution >= 4 is 11.9 Å². The maximum atomic E-state index is 12.4. The van der Waals surface area contributed by atoms with E-state index in [9.17, 15) is 14.7 Å². The van der Waals surface area contributed by atoms with Gasteiger partial charge in [-0.2, -0.15) is 5.10 Å². The first-order valence-corrected chi connectivity index (χ1v) is 10.1. The molecule has 0 bridgehead atoms. The Morgan fingerprint density at radius 1 is 1.50 bits per heavy atom. The molecule has 4 rings (SSSR count). The Balaban J connectivity index is 1.70. The molecule has 2 aromatic rings. The summed E-state index contributed by atoms with van der Waals surface area (Å²) in [4.78, 5) is 26.0. The lowest BCUT2D eigenvalue weighted by molar-refractivity contribution is -0.137. The molecule has 7 heteroatoms. The smallest absolute Gasteiger partial charge is 0.359 e. The van der Waals surface area contributed by atoms with Gasteiger partial charge in [-0.3, -0.25) is 4.79 Å². The summed E-state index contributed by atoms with van der Waals surface area (Å²) >= 11 is 0. The molecule has 0 saturated carbocycles. The van der Waals surface area contributed by atoms with Crippen LogP contribution in [0.5, 0.6) is 0 Å². The van der Waals surface area contributed by atoms with Crippen LogP contribution in [0.3, 0.4) is 0 Å². The van der Waals surface area contributed by atoms with Crippen molar-refractivity contribution in [3.05, 3.63) is 46.8 Å². The second-order valence-corrected chi connectivity index (χ2v) is 7.76. The summed E-state index contributed by atoms with van der Waals surface area (Å²) in [5, 5.41) is 15.0. The third-order valence-electron chi connectivity index (χ3n) is 5.67. The van der Waals surface area contributed by atoms with Gasteiger partial charge in [-0.25, -0.2) is 9.48 Å². The Hall–Kier alpha value is -3.29. The highest BCUT2D eigenvalue weighted by Gasteiger charge is 2.42. The Bertz CT molecular complexity index is 1080. The van der Waals surface area contributed by atoms with Crippen LogP contribution in [0.4, 0.5) is 0 Å². The van der Waals surface area contributed by atoms with E-state index in [4.69, 9.17) is 4.74 Å². The number of likely N-dealkylation sites (tertiary alicyclic amines) is 1. The van der Waals surface area contributed by atoms with E-state index in [2.05, 4.69) is 36.0 Å². The predicted molar refractivity (Wildman–Crippen MR) is 108 cm³/mol. The molecule has 2 unspecified atom stereocenters. The number of carbonyl (C=O) groups is 2. The number of rotatable bonds is 3. The lowest BCUT2D eigenvalue weighted by atomic mass is 10.0. The van der Waals surface area contributed by atoms with Crippen molar-refractivity contribution in [1.29, 1.82) is 0 Å². The molecular weight excluding hydrogens is 382 g/mol. The molecule has 2 aliphatic rings. The average Bonchev–Trinajstić information content (AvgIpc) is 3.38. The zero-order valence-electron chi connectivity index (χ0n) is 17.3. The molecule has 1 aliphatic carbocycles. The van der Waals surface area contributed by atoms with Crippen molar-refractivity contribution < 1.29 is 19.4 Å². The number of hydrogen-bond acceptors (Lipinski definition) is 5. The zero-order chi connectivity index (χ0) is 21.5. The Labute approximate surface area is 175 Å². The quantitative estimate of drug-likeness (QED) is 0.620. The highest BCUT2D eigenvalue weighted by atomic mass is 16.5. The molecule has 1 fully saturated rings. The fraction of sp³-hybridized carbons (Fsp3) is 0.435. The number of fused-ring (bicyclic) bond motifs is 1. The van der Waals surface area contributed by atoms with E-state index in [1.807, 2.05) is 0 Å². The Kier molecular flexibility index (Phi) is 5.01. The largest absolute Gasteiger partial charge is 0.461 e. The van der Waals surface area contributed by atoms with Crippen LogP contribution in [0.25, 0.3) is 5.69 Å². The molecule has 1 N–H and O–H groups in total. The maximum absolute atomic E-state index is 12.4. The van der Waals surface area contributed by atoms with E-state index in [-0.39, 0.29) is 12.3 Å². The van der Waals surface area contributed by atoms with Crippen molar-refractivity contribution in [1.82, 2.24) is 14.7 Å². The van der Waals surface area contributed by atoms with Crippen LogP contribution in [0.2, 0.25) is 0 Å². The Morgan fingerprint density at radius 3 is 3.00 bits per heavy atom. The van der Waals surface area contributed by atoms with Gasteiger partial charge in [0.2, 0.25) is 5.60 Å². The lowest BCUT2D eigenvalue weighted by Crippen LogP contribution is -2.37. The molecule has 2 heterocycles. The van der Waals surface area contributed by atoms with Gasteiger partial charge >= 0.3 is 5.97 Å². The van der Waals surface area contributed by atoms with E-state index in [0.29, 0.717) is 30.1 Å². The standard InChI is InChI=1S/C23H23N3O4/c1-4-30-21(27)20-19-15(2)8-9-18(19)26(24-20)17-7-5-6-16(14-17)10-11-23(29)12-13-25(3)22(23)28/h7,14-15,29H,4,8-9,12-13H2,1-3H3. The number of aliphatic hydroxyl groups is 1. The predicted octanol–water partition coefficient (Wildman–Crippen LogP) is 1.64. The molecule has 0 radical (unpaired) electrons. The molecule has 154 valence electrons. The van der Waals surface area contributed by atoms with E-state index in [1.165, 1.54) is 4.90 Å². The van der Waals surface area contributed by atoms with Crippen LogP contribution in [-0.4, -0.2) is 57.5 Å². The summed E-state index contributed by atoms with van der Waals surface area (Å²) in [6.45, 7) is 4.61. The first-order chi connectivity index (χ1) is 14.3. The number of ether oxygens (including phenoxy) is 1. The number of hydrogen-bond donors (Lipinski definition) is 1. The second-order valence-electron chi connectivity index (χ2n) is 7.76. The molecule has 0 spiro atoms. The minimum absolute atomic E-state index is 0.228. The molecule has 1 aromatic heterocycles. The van der Waals surface area contributed by atoms with Gasteiger partial charge in [0.15, 0.2) is 5.69 Å². The molecule has 1 aliphatic heterocycles. The molecular formula is C23H23N3O4. The minimum Gasteiger partial charge on any atom is -0.461 e. The van der Waals surface area contributed by atoms with Crippen LogP contribution in [0.15, 0.2) is 12.1 Å². The fourth-order valence-electron chi connectivity index (χ4n) is 4.03. The third-order valence-corrected chi connectivity index (χ3v) is 5.67. The van der Waals surface area contributed by atoms with Crippen LogP contribution in [0.1, 0.15) is 59.9 Å². The van der Waals surface area contributed by atoms with Gasteiger partial charge in [0.1, 0.15) is 0 Å². The van der Waals surface area contributed by atoms with E-state index in [1.54, 1.807) is 30.8 Å². The Morgan fingerprint density at radius 2 is 2.30 bits per heavy atom. The first kappa shape index (κ1) is 20.0. The number of esters is 1. The summed E-state index contributed by atoms with van der Waals surface area (Å²) in [5.74, 6) is 4.95. The minimum atomic E-state index is -1.67. The normalized spacial score (nSPS) is 22.3. The maximum Gasteiger partial charge on any atom is 0.359 e. The van der Waals surface area contributed by atoms with Gasteiger partial charge in [-0.05, 0) is 31.7 Å². The van der Waals surface area contributed by atoms with Crippen LogP contribution in [-0.2, 0) is 16.0 Å². The molecule has 2 atom stereocenters. The van der Waals surface area contributed by atoms with Gasteiger partial charge in [-0.15, -0.1) is 0 Å². The van der Waals surface area contributed by atoms with Gasteiger partial charge in [0.05, 0.1) is 17.9 Å². The van der Waals surface area contributed by atoms with Crippen LogP contribution in [0, 0.1) is 24.0 Å². The summed E-state index contributed by atoms with van der Waals surface area (Å²) < 4.78 is 6.92. The SMILES string of the molecule is CCOC(=O)c1nn(-c2cc#cc(C#CC3(O)CCN(C)C3=O)c2)c2c1C(C)CC2. The van der Waals surface area contributed by atoms with Gasteiger partial charge < -0.3 is 14.7 Å². The summed E-state index contributed by atoms with van der Waals surface area (Å²) in [6, 6.07) is 9.31. The lowest BCUT2D eigenvalue weighted by Gasteiger charge is -2.13. The summed E-state index contributed by atoms with van der Waals surface area (Å²) in [5.41, 5.74) is 1.78. The number of amides is 1. The van der Waals surface area contributed by atoms with Gasteiger partial charge in [0, 0.05) is 37.3 Å². The molecule has 30 heavy (non-hydrogen) atoms. The van der Waals surface area contributed by atoms with E-state index in [0.717, 1.165) is 24.1 Å². The number of aromatic nitrogens is 2. The van der Waals surface area contributed by atoms with Gasteiger partial charge in [-0.1, -0.05) is 30.9 Å². The number of likely N-dealkylation sites (N-methyl/N-ethyl adjacent to an activating group) is 1. The topological polar surface area (TPSA) is 84.7 Å². The average molecular weight is 405 g/mol. The van der Waals surface area contributed by atoms with Crippen molar-refractivity contribution in [2.24, 2.45) is 0 Å². The zero-order valence-corrected chi connectivity index (χ0v) is 17.3. The van der Waals surface area contributed by atoms with Crippen molar-refractivity contribution in [2.75, 3.05) is 20.2 Å². The van der Waals surface area contributed by atoms with Crippen LogP contribution < -0.4 is 0 Å². The van der Waals surface area contributed by atoms with Crippen LogP contribution >= 0.6 is 0 Å². The summed E-state index contributed by atoms with van der Waals surface area (Å²) in [6.07, 6.45) is 2.02. The first-order valence-electron chi connectivity index (χ1n) is 10.1. The highest BCUT2D eigenvalue weighted by molar-refractivity contribution is 5.91. The van der Waals surface area contributed by atoms with Crippen molar-refractivity contribution in [3.8, 4) is 17.5 Å². The van der Waals surface area contributed by atoms with Gasteiger partial charge in [0.25, 0.3) is 5.91 Å².